The summed E-state index contributed by atoms with van der Waals surface area (Å²) in [6.07, 6.45) is 1.31. The summed E-state index contributed by atoms with van der Waals surface area (Å²) in [7, 11) is 0. The van der Waals surface area contributed by atoms with Gasteiger partial charge in [-0.25, -0.2) is 5.43 Å². The molecule has 9 heteroatoms. The molecule has 2 amide bonds. The number of phenolic OH excluding ortho intramolecular Hbond substituents is 1. The first-order chi connectivity index (χ1) is 13.2. The molecule has 2 aromatic carbocycles. The molecule has 0 aromatic heterocycles. The number of amides is 2. The van der Waals surface area contributed by atoms with Crippen molar-refractivity contribution in [2.75, 3.05) is 0 Å². The first kappa shape index (κ1) is 22.2. The summed E-state index contributed by atoms with van der Waals surface area (Å²) in [5, 5.41) is 16.9. The zero-order chi connectivity index (χ0) is 20.8. The summed E-state index contributed by atoms with van der Waals surface area (Å²) >= 11 is 15.2. The van der Waals surface area contributed by atoms with Gasteiger partial charge in [-0.2, -0.15) is 5.10 Å². The molecule has 0 fully saturated rings. The van der Waals surface area contributed by atoms with Crippen molar-refractivity contribution in [3.8, 4) is 5.75 Å². The van der Waals surface area contributed by atoms with Crippen molar-refractivity contribution >= 4 is 57.2 Å². The van der Waals surface area contributed by atoms with Crippen molar-refractivity contribution < 1.29 is 14.7 Å². The monoisotopic (exact) mass is 485 g/mol. The lowest BCUT2D eigenvalue weighted by molar-refractivity contribution is -0.123. The Balaban J connectivity index is 2.08. The van der Waals surface area contributed by atoms with Gasteiger partial charge in [0, 0.05) is 15.1 Å². The summed E-state index contributed by atoms with van der Waals surface area (Å²) in [6.45, 7) is 3.58. The molecule has 3 N–H and O–H groups in total. The Labute approximate surface area is 181 Å². The minimum Gasteiger partial charge on any atom is -0.507 e. The quantitative estimate of drug-likeness (QED) is 0.418. The Hall–Kier alpha value is -2.09. The molecule has 6 nitrogen and oxygen atoms in total. The van der Waals surface area contributed by atoms with Gasteiger partial charge in [0.05, 0.1) is 16.8 Å². The second-order valence-electron chi connectivity index (χ2n) is 6.26. The van der Waals surface area contributed by atoms with Gasteiger partial charge in [-0.1, -0.05) is 53.0 Å². The summed E-state index contributed by atoms with van der Waals surface area (Å²) in [6, 6.07) is 8.47. The maximum atomic E-state index is 12.5. The largest absolute Gasteiger partial charge is 0.507 e. The highest BCUT2D eigenvalue weighted by Gasteiger charge is 2.25. The second kappa shape index (κ2) is 9.91. The zero-order valence-corrected chi connectivity index (χ0v) is 18.1. The van der Waals surface area contributed by atoms with Crippen LogP contribution < -0.4 is 10.7 Å². The average Bonchev–Trinajstić information content (AvgIpc) is 2.62. The molecule has 0 spiro atoms. The highest BCUT2D eigenvalue weighted by atomic mass is 79.9. The fourth-order valence-electron chi connectivity index (χ4n) is 2.29. The predicted octanol–water partition coefficient (Wildman–Crippen LogP) is 4.37. The minimum absolute atomic E-state index is 0.0206. The SMILES string of the molecule is CC(C)C(NC(=O)c1ccc(Cl)cc1Cl)C(=O)N/N=C/c1cc(Br)ccc1O. The van der Waals surface area contributed by atoms with E-state index >= 15 is 0 Å². The van der Waals surface area contributed by atoms with E-state index in [9.17, 15) is 14.7 Å². The van der Waals surface area contributed by atoms with Gasteiger partial charge in [0.15, 0.2) is 0 Å². The first-order valence-corrected chi connectivity index (χ1v) is 9.81. The third-order valence-corrected chi connectivity index (χ3v) is 4.82. The maximum absolute atomic E-state index is 12.5. The van der Waals surface area contributed by atoms with Gasteiger partial charge in [0.25, 0.3) is 11.8 Å². The van der Waals surface area contributed by atoms with Crippen molar-refractivity contribution in [1.29, 1.82) is 0 Å². The van der Waals surface area contributed by atoms with Crippen molar-refractivity contribution in [2.45, 2.75) is 19.9 Å². The van der Waals surface area contributed by atoms with E-state index in [4.69, 9.17) is 23.2 Å². The number of nitrogens with zero attached hydrogens (tertiary/aromatic N) is 1. The van der Waals surface area contributed by atoms with Crippen LogP contribution in [-0.4, -0.2) is 29.2 Å². The molecule has 1 atom stereocenters. The molecule has 28 heavy (non-hydrogen) atoms. The maximum Gasteiger partial charge on any atom is 0.262 e. The molecule has 0 radical (unpaired) electrons. The average molecular weight is 487 g/mol. The lowest BCUT2D eigenvalue weighted by Gasteiger charge is -2.20. The molecule has 0 saturated heterocycles. The van der Waals surface area contributed by atoms with Gasteiger partial charge in [-0.15, -0.1) is 0 Å². The number of rotatable bonds is 6. The number of hydrogen-bond donors (Lipinski definition) is 3. The van der Waals surface area contributed by atoms with E-state index in [0.29, 0.717) is 10.6 Å². The fourth-order valence-corrected chi connectivity index (χ4v) is 3.16. The Kier molecular flexibility index (Phi) is 7.86. The molecule has 0 heterocycles. The van der Waals surface area contributed by atoms with E-state index < -0.39 is 17.9 Å². The van der Waals surface area contributed by atoms with Crippen LogP contribution in [-0.2, 0) is 4.79 Å². The molecule has 0 saturated carbocycles. The summed E-state index contributed by atoms with van der Waals surface area (Å²) in [5.74, 6) is -1.18. The molecule has 0 bridgehead atoms. The van der Waals surface area contributed by atoms with E-state index in [1.165, 1.54) is 24.4 Å². The second-order valence-corrected chi connectivity index (χ2v) is 8.02. The lowest BCUT2D eigenvalue weighted by atomic mass is 10.0. The van der Waals surface area contributed by atoms with E-state index in [-0.39, 0.29) is 22.3 Å². The van der Waals surface area contributed by atoms with Crippen LogP contribution in [0.2, 0.25) is 10.0 Å². The Morgan fingerprint density at radius 1 is 1.18 bits per heavy atom. The number of carbonyl (C=O) groups excluding carboxylic acids is 2. The van der Waals surface area contributed by atoms with Crippen molar-refractivity contribution in [1.82, 2.24) is 10.7 Å². The van der Waals surface area contributed by atoms with Crippen molar-refractivity contribution in [2.24, 2.45) is 11.0 Å². The van der Waals surface area contributed by atoms with Crippen LogP contribution in [0, 0.1) is 5.92 Å². The molecular weight excluding hydrogens is 469 g/mol. The molecule has 1 unspecified atom stereocenters. The van der Waals surface area contributed by atoms with Crippen LogP contribution >= 0.6 is 39.1 Å². The standard InChI is InChI=1S/C19H18BrCl2N3O3/c1-10(2)17(24-18(27)14-5-4-13(21)8-15(14)22)19(28)25-23-9-11-7-12(20)3-6-16(11)26/h3-10,17,26H,1-2H3,(H,24,27)(H,25,28)/b23-9+. The Bertz CT molecular complexity index is 919. The fraction of sp³-hybridized carbons (Fsp3) is 0.211. The third-order valence-electron chi connectivity index (χ3n) is 3.78. The number of hydrogen-bond acceptors (Lipinski definition) is 4. The number of nitrogens with one attached hydrogen (secondary N) is 2. The number of phenols is 1. The normalized spacial score (nSPS) is 12.2. The number of aromatic hydroxyl groups is 1. The summed E-state index contributed by atoms with van der Waals surface area (Å²) in [4.78, 5) is 24.9. The number of halogens is 3. The Morgan fingerprint density at radius 2 is 1.89 bits per heavy atom. The predicted molar refractivity (Wildman–Crippen MR) is 114 cm³/mol. The van der Waals surface area contributed by atoms with Gasteiger partial charge in [-0.05, 0) is 42.3 Å². The van der Waals surface area contributed by atoms with Crippen LogP contribution in [0.4, 0.5) is 0 Å². The lowest BCUT2D eigenvalue weighted by Crippen LogP contribution is -2.48. The topological polar surface area (TPSA) is 90.8 Å². The molecule has 148 valence electrons. The minimum atomic E-state index is -0.840. The van der Waals surface area contributed by atoms with Crippen LogP contribution in [0.3, 0.4) is 0 Å². The van der Waals surface area contributed by atoms with Crippen molar-refractivity contribution in [3.63, 3.8) is 0 Å². The van der Waals surface area contributed by atoms with E-state index in [1.54, 1.807) is 32.0 Å². The third kappa shape index (κ3) is 5.95. The van der Waals surface area contributed by atoms with Crippen LogP contribution in [0.1, 0.15) is 29.8 Å². The van der Waals surface area contributed by atoms with Gasteiger partial charge in [-0.3, -0.25) is 9.59 Å². The Morgan fingerprint density at radius 3 is 2.54 bits per heavy atom. The highest BCUT2D eigenvalue weighted by molar-refractivity contribution is 9.10. The molecule has 0 aliphatic rings. The molecular formula is C19H18BrCl2N3O3. The first-order valence-electron chi connectivity index (χ1n) is 8.26. The van der Waals surface area contributed by atoms with Crippen LogP contribution in [0.5, 0.6) is 5.75 Å². The van der Waals surface area contributed by atoms with Crippen LogP contribution in [0.25, 0.3) is 0 Å². The number of hydrazone groups is 1. The smallest absolute Gasteiger partial charge is 0.262 e. The highest BCUT2D eigenvalue weighted by Crippen LogP contribution is 2.21. The van der Waals surface area contributed by atoms with Gasteiger partial charge in [0.2, 0.25) is 0 Å². The van der Waals surface area contributed by atoms with E-state index in [1.807, 2.05) is 0 Å². The molecule has 2 rings (SSSR count). The number of carbonyl (C=O) groups is 2. The summed E-state index contributed by atoms with van der Waals surface area (Å²) in [5.41, 5.74) is 3.01. The molecule has 0 aliphatic heterocycles. The van der Waals surface area contributed by atoms with Gasteiger partial charge < -0.3 is 10.4 Å². The van der Waals surface area contributed by atoms with Gasteiger partial charge in [0.1, 0.15) is 11.8 Å². The zero-order valence-electron chi connectivity index (χ0n) is 15.0. The number of benzene rings is 2. The van der Waals surface area contributed by atoms with Gasteiger partial charge >= 0.3 is 0 Å². The van der Waals surface area contributed by atoms with E-state index in [2.05, 4.69) is 31.8 Å². The van der Waals surface area contributed by atoms with Crippen LogP contribution in [0.15, 0.2) is 46.0 Å². The van der Waals surface area contributed by atoms with E-state index in [0.717, 1.165) is 4.47 Å². The van der Waals surface area contributed by atoms with Crippen molar-refractivity contribution in [3.05, 3.63) is 62.0 Å². The molecule has 2 aromatic rings. The molecule has 0 aliphatic carbocycles. The summed E-state index contributed by atoms with van der Waals surface area (Å²) < 4.78 is 0.755.